The molecule has 0 amide bonds. The number of hydrogen-bond acceptors (Lipinski definition) is 3. The summed E-state index contributed by atoms with van der Waals surface area (Å²) in [6.45, 7) is 3.37. The van der Waals surface area contributed by atoms with Gasteiger partial charge in [0.05, 0.1) is 0 Å². The quantitative estimate of drug-likeness (QED) is 0.870. The first-order valence-electron chi connectivity index (χ1n) is 5.92. The molecule has 1 heterocycles. The Morgan fingerprint density at radius 2 is 1.89 bits per heavy atom. The van der Waals surface area contributed by atoms with E-state index in [1.54, 1.807) is 0 Å². The Morgan fingerprint density at radius 3 is 2.50 bits per heavy atom. The van der Waals surface area contributed by atoms with E-state index >= 15 is 0 Å². The molecular formula is C12H17FN2O2S. The molecule has 0 unspecified atom stereocenters. The first kappa shape index (κ1) is 13.5. The van der Waals surface area contributed by atoms with Gasteiger partial charge in [-0.1, -0.05) is 12.1 Å². The van der Waals surface area contributed by atoms with E-state index in [0.29, 0.717) is 12.8 Å². The van der Waals surface area contributed by atoms with E-state index in [1.165, 1.54) is 18.2 Å². The highest BCUT2D eigenvalue weighted by Gasteiger charge is 2.32. The van der Waals surface area contributed by atoms with E-state index in [0.717, 1.165) is 19.2 Å². The summed E-state index contributed by atoms with van der Waals surface area (Å²) >= 11 is 0. The maximum absolute atomic E-state index is 13.5. The molecule has 1 aromatic carbocycles. The van der Waals surface area contributed by atoms with Gasteiger partial charge in [-0.15, -0.1) is 0 Å². The van der Waals surface area contributed by atoms with Gasteiger partial charge in [0.2, 0.25) is 10.0 Å². The highest BCUT2D eigenvalue weighted by molar-refractivity contribution is 7.89. The molecule has 100 valence electrons. The molecule has 4 nitrogen and oxygen atoms in total. The predicted molar refractivity (Wildman–Crippen MR) is 67.2 cm³/mol. The maximum atomic E-state index is 13.5. The molecule has 1 fully saturated rings. The van der Waals surface area contributed by atoms with Crippen molar-refractivity contribution in [2.75, 3.05) is 13.1 Å². The van der Waals surface area contributed by atoms with Crippen LogP contribution in [-0.4, -0.2) is 27.0 Å². The Balaban J connectivity index is 2.25. The fourth-order valence-corrected chi connectivity index (χ4v) is 3.67. The van der Waals surface area contributed by atoms with Crippen molar-refractivity contribution in [1.29, 1.82) is 0 Å². The number of piperidine rings is 1. The molecule has 0 saturated carbocycles. The van der Waals surface area contributed by atoms with Crippen LogP contribution in [0.2, 0.25) is 0 Å². The normalized spacial score (nSPS) is 19.7. The van der Waals surface area contributed by atoms with Gasteiger partial charge in [0, 0.05) is 5.54 Å². The van der Waals surface area contributed by atoms with Crippen LogP contribution in [0, 0.1) is 5.82 Å². The second-order valence-corrected chi connectivity index (χ2v) is 6.50. The lowest BCUT2D eigenvalue weighted by molar-refractivity contribution is 0.307. The third-order valence-electron chi connectivity index (χ3n) is 3.21. The van der Waals surface area contributed by atoms with Crippen molar-refractivity contribution in [3.8, 4) is 0 Å². The summed E-state index contributed by atoms with van der Waals surface area (Å²) in [5, 5.41) is 3.17. The van der Waals surface area contributed by atoms with Crippen LogP contribution < -0.4 is 10.0 Å². The lowest BCUT2D eigenvalue weighted by Gasteiger charge is -2.34. The fourth-order valence-electron chi connectivity index (χ4n) is 2.12. The molecule has 6 heteroatoms. The molecule has 1 aliphatic rings. The van der Waals surface area contributed by atoms with Crippen molar-refractivity contribution in [2.24, 2.45) is 0 Å². The molecule has 1 aromatic rings. The van der Waals surface area contributed by atoms with E-state index in [-0.39, 0.29) is 4.90 Å². The largest absolute Gasteiger partial charge is 0.317 e. The molecule has 0 atom stereocenters. The van der Waals surface area contributed by atoms with E-state index in [1.807, 2.05) is 6.92 Å². The smallest absolute Gasteiger partial charge is 0.243 e. The van der Waals surface area contributed by atoms with Gasteiger partial charge in [-0.25, -0.2) is 17.5 Å². The molecule has 2 N–H and O–H groups in total. The minimum atomic E-state index is -3.80. The van der Waals surface area contributed by atoms with Crippen LogP contribution >= 0.6 is 0 Å². The van der Waals surface area contributed by atoms with Crippen LogP contribution in [-0.2, 0) is 10.0 Å². The first-order chi connectivity index (χ1) is 8.43. The summed E-state index contributed by atoms with van der Waals surface area (Å²) in [4.78, 5) is -0.287. The number of hydrogen-bond donors (Lipinski definition) is 2. The lowest BCUT2D eigenvalue weighted by atomic mass is 9.92. The van der Waals surface area contributed by atoms with Gasteiger partial charge < -0.3 is 5.32 Å². The zero-order valence-electron chi connectivity index (χ0n) is 10.2. The number of halogens is 1. The summed E-state index contributed by atoms with van der Waals surface area (Å²) in [6.07, 6.45) is 1.39. The third kappa shape index (κ3) is 2.88. The number of nitrogens with one attached hydrogen (secondary N) is 2. The Bertz CT molecular complexity index is 525. The average Bonchev–Trinajstić information content (AvgIpc) is 2.28. The molecule has 0 bridgehead atoms. The highest BCUT2D eigenvalue weighted by atomic mass is 32.2. The van der Waals surface area contributed by atoms with E-state index in [9.17, 15) is 12.8 Å². The number of sulfonamides is 1. The van der Waals surface area contributed by atoms with Crippen molar-refractivity contribution in [2.45, 2.75) is 30.2 Å². The van der Waals surface area contributed by atoms with Crippen LogP contribution in [0.4, 0.5) is 4.39 Å². The van der Waals surface area contributed by atoms with Crippen LogP contribution in [0.1, 0.15) is 19.8 Å². The molecule has 0 aliphatic carbocycles. The van der Waals surface area contributed by atoms with Gasteiger partial charge in [-0.3, -0.25) is 0 Å². The predicted octanol–water partition coefficient (Wildman–Crippen LogP) is 1.25. The Kier molecular flexibility index (Phi) is 3.70. The van der Waals surface area contributed by atoms with Gasteiger partial charge in [0.1, 0.15) is 10.7 Å². The van der Waals surface area contributed by atoms with Gasteiger partial charge in [-0.2, -0.15) is 0 Å². The summed E-state index contributed by atoms with van der Waals surface area (Å²) < 4.78 is 40.5. The van der Waals surface area contributed by atoms with Crippen LogP contribution in [0.5, 0.6) is 0 Å². The molecule has 2 rings (SSSR count). The van der Waals surface area contributed by atoms with E-state index in [2.05, 4.69) is 10.0 Å². The fraction of sp³-hybridized carbons (Fsp3) is 0.500. The van der Waals surface area contributed by atoms with Crippen molar-refractivity contribution < 1.29 is 12.8 Å². The Hall–Kier alpha value is -0.980. The molecular weight excluding hydrogens is 255 g/mol. The zero-order valence-corrected chi connectivity index (χ0v) is 11.1. The second kappa shape index (κ2) is 4.95. The number of benzene rings is 1. The van der Waals surface area contributed by atoms with Gasteiger partial charge in [0.15, 0.2) is 0 Å². The van der Waals surface area contributed by atoms with E-state index < -0.39 is 21.4 Å². The number of rotatable bonds is 3. The summed E-state index contributed by atoms with van der Waals surface area (Å²) in [5.74, 6) is -0.720. The standard InChI is InChI=1S/C12H17FN2O2S/c1-12(6-8-14-9-7-12)15-18(16,17)11-5-3-2-4-10(11)13/h2-5,14-15H,6-9H2,1H3. The monoisotopic (exact) mass is 272 g/mol. The Labute approximate surface area is 107 Å². The Morgan fingerprint density at radius 1 is 1.28 bits per heavy atom. The molecule has 1 saturated heterocycles. The minimum Gasteiger partial charge on any atom is -0.317 e. The average molecular weight is 272 g/mol. The zero-order chi connectivity index (χ0) is 13.2. The molecule has 1 aliphatic heterocycles. The lowest BCUT2D eigenvalue weighted by Crippen LogP contribution is -2.52. The molecule has 0 spiro atoms. The van der Waals surface area contributed by atoms with E-state index in [4.69, 9.17) is 0 Å². The molecule has 0 aromatic heterocycles. The summed E-state index contributed by atoms with van der Waals surface area (Å²) in [5.41, 5.74) is -0.508. The van der Waals surface area contributed by atoms with Gasteiger partial charge in [-0.05, 0) is 45.0 Å². The molecule has 0 radical (unpaired) electrons. The van der Waals surface area contributed by atoms with Crippen LogP contribution in [0.15, 0.2) is 29.2 Å². The third-order valence-corrected chi connectivity index (χ3v) is 4.89. The summed E-state index contributed by atoms with van der Waals surface area (Å²) in [6, 6.07) is 5.42. The highest BCUT2D eigenvalue weighted by Crippen LogP contribution is 2.22. The maximum Gasteiger partial charge on any atom is 0.243 e. The topological polar surface area (TPSA) is 58.2 Å². The van der Waals surface area contributed by atoms with Gasteiger partial charge >= 0.3 is 0 Å². The van der Waals surface area contributed by atoms with Crippen LogP contribution in [0.3, 0.4) is 0 Å². The SMILES string of the molecule is CC1(NS(=O)(=O)c2ccccc2F)CCNCC1. The van der Waals surface area contributed by atoms with Crippen LogP contribution in [0.25, 0.3) is 0 Å². The summed E-state index contributed by atoms with van der Waals surface area (Å²) in [7, 11) is -3.80. The first-order valence-corrected chi connectivity index (χ1v) is 7.41. The van der Waals surface area contributed by atoms with Gasteiger partial charge in [0.25, 0.3) is 0 Å². The van der Waals surface area contributed by atoms with Crippen molar-refractivity contribution in [1.82, 2.24) is 10.0 Å². The van der Waals surface area contributed by atoms with Crippen molar-refractivity contribution in [3.05, 3.63) is 30.1 Å². The minimum absolute atomic E-state index is 0.287. The van der Waals surface area contributed by atoms with Crippen molar-refractivity contribution >= 4 is 10.0 Å². The van der Waals surface area contributed by atoms with Crippen molar-refractivity contribution in [3.63, 3.8) is 0 Å². The molecule has 18 heavy (non-hydrogen) atoms. The second-order valence-electron chi connectivity index (χ2n) is 4.85.